The van der Waals surface area contributed by atoms with Crippen molar-refractivity contribution in [3.63, 3.8) is 0 Å². The molecule has 0 aromatic carbocycles. The Hall–Kier alpha value is -1.18. The number of amides is 1. The molecule has 1 atom stereocenters. The van der Waals surface area contributed by atoms with Crippen LogP contribution in [-0.2, 0) is 9.59 Å². The van der Waals surface area contributed by atoms with Crippen molar-refractivity contribution in [1.82, 2.24) is 9.97 Å². The predicted molar refractivity (Wildman–Crippen MR) is 81.0 cm³/mol. The molecule has 9 heteroatoms. The first-order chi connectivity index (χ1) is 9.92. The van der Waals surface area contributed by atoms with E-state index in [1.807, 2.05) is 0 Å². The number of anilines is 1. The van der Waals surface area contributed by atoms with Crippen LogP contribution < -0.4 is 4.90 Å². The van der Waals surface area contributed by atoms with Crippen molar-refractivity contribution in [1.29, 1.82) is 0 Å². The van der Waals surface area contributed by atoms with Gasteiger partial charge < -0.3 is 0 Å². The van der Waals surface area contributed by atoms with Crippen LogP contribution in [0.15, 0.2) is 0 Å². The van der Waals surface area contributed by atoms with Gasteiger partial charge in [-0.15, -0.1) is 0 Å². The fraction of sp³-hybridized carbons (Fsp3) is 0.417. The van der Waals surface area contributed by atoms with E-state index in [9.17, 15) is 14.4 Å². The minimum Gasteiger partial charge on any atom is -0.298 e. The van der Waals surface area contributed by atoms with Gasteiger partial charge in [0.05, 0.1) is 5.56 Å². The molecular formula is C12H11Cl2N3O3S. The van der Waals surface area contributed by atoms with Gasteiger partial charge in [-0.2, -0.15) is 9.97 Å². The first kappa shape index (κ1) is 16.2. The van der Waals surface area contributed by atoms with Gasteiger partial charge in [-0.3, -0.25) is 19.3 Å². The lowest BCUT2D eigenvalue weighted by atomic mass is 10.1. The number of halogens is 2. The van der Waals surface area contributed by atoms with Gasteiger partial charge >= 0.3 is 0 Å². The summed E-state index contributed by atoms with van der Waals surface area (Å²) in [7, 11) is 0. The minimum absolute atomic E-state index is 0.00239. The summed E-state index contributed by atoms with van der Waals surface area (Å²) in [4.78, 5) is 43.0. The van der Waals surface area contributed by atoms with Crippen molar-refractivity contribution >= 4 is 58.2 Å². The highest BCUT2D eigenvalue weighted by molar-refractivity contribution is 8.13. The number of carbonyl (C=O) groups excluding carboxylic acids is 3. The Labute approximate surface area is 135 Å². The highest BCUT2D eigenvalue weighted by Gasteiger charge is 2.33. The van der Waals surface area contributed by atoms with Gasteiger partial charge in [0, 0.05) is 25.6 Å². The zero-order valence-corrected chi connectivity index (χ0v) is 13.3. The van der Waals surface area contributed by atoms with Gasteiger partial charge in [0.2, 0.25) is 11.9 Å². The lowest BCUT2D eigenvalue weighted by Gasteiger charge is -2.15. The van der Waals surface area contributed by atoms with E-state index in [1.54, 1.807) is 0 Å². The molecule has 2 rings (SSSR count). The number of aromatic nitrogens is 2. The first-order valence-corrected chi connectivity index (χ1v) is 7.78. The quantitative estimate of drug-likeness (QED) is 0.613. The van der Waals surface area contributed by atoms with Crippen LogP contribution in [0.3, 0.4) is 0 Å². The second-order valence-electron chi connectivity index (χ2n) is 4.51. The lowest BCUT2D eigenvalue weighted by Crippen LogP contribution is -2.27. The monoisotopic (exact) mass is 347 g/mol. The van der Waals surface area contributed by atoms with Crippen LogP contribution in [-0.4, -0.2) is 39.6 Å². The van der Waals surface area contributed by atoms with Crippen molar-refractivity contribution in [3.05, 3.63) is 15.9 Å². The summed E-state index contributed by atoms with van der Waals surface area (Å²) in [6.45, 7) is 1.88. The molecule has 6 nitrogen and oxygen atoms in total. The number of rotatable bonds is 4. The van der Waals surface area contributed by atoms with Crippen molar-refractivity contribution in [2.45, 2.75) is 13.3 Å². The molecule has 0 aliphatic carbocycles. The third-order valence-corrected chi connectivity index (χ3v) is 4.55. The Kier molecular flexibility index (Phi) is 5.18. The number of aldehydes is 1. The standard InChI is InChI=1S/C12H11Cl2N3O3S/c1-6(19)21-5-7-2-9(20)17(3-7)12-15-10(13)8(4-18)11(14)16-12/h4,7H,2-3,5H2,1H3. The smallest absolute Gasteiger partial charge is 0.235 e. The number of carbonyl (C=O) groups is 3. The van der Waals surface area contributed by atoms with Crippen LogP contribution in [0.5, 0.6) is 0 Å². The van der Waals surface area contributed by atoms with E-state index < -0.39 is 0 Å². The Morgan fingerprint density at radius 2 is 2.05 bits per heavy atom. The molecule has 1 aromatic rings. The molecule has 1 amide bonds. The normalized spacial score (nSPS) is 18.1. The number of hydrogen-bond acceptors (Lipinski definition) is 6. The first-order valence-electron chi connectivity index (χ1n) is 6.04. The van der Waals surface area contributed by atoms with Crippen molar-refractivity contribution in [3.8, 4) is 0 Å². The van der Waals surface area contributed by atoms with Gasteiger partial charge in [-0.05, 0) is 5.92 Å². The van der Waals surface area contributed by atoms with E-state index >= 15 is 0 Å². The lowest BCUT2D eigenvalue weighted by molar-refractivity contribution is -0.117. The summed E-state index contributed by atoms with van der Waals surface area (Å²) in [6.07, 6.45) is 0.779. The minimum atomic E-state index is -0.157. The van der Waals surface area contributed by atoms with Crippen molar-refractivity contribution < 1.29 is 14.4 Å². The molecule has 0 saturated carbocycles. The van der Waals surface area contributed by atoms with Gasteiger partial charge in [0.15, 0.2) is 11.4 Å². The van der Waals surface area contributed by atoms with Crippen LogP contribution >= 0.6 is 35.0 Å². The number of nitrogens with zero attached hydrogens (tertiary/aromatic N) is 3. The number of hydrogen-bond donors (Lipinski definition) is 0. The summed E-state index contributed by atoms with van der Waals surface area (Å²) in [5.74, 6) is 0.523. The van der Waals surface area contributed by atoms with Gasteiger partial charge in [0.1, 0.15) is 10.3 Å². The largest absolute Gasteiger partial charge is 0.298 e. The zero-order chi connectivity index (χ0) is 15.6. The Balaban J connectivity index is 2.17. The topological polar surface area (TPSA) is 80.2 Å². The van der Waals surface area contributed by atoms with Crippen molar-refractivity contribution in [2.75, 3.05) is 17.2 Å². The maximum Gasteiger partial charge on any atom is 0.235 e. The molecule has 2 heterocycles. The second kappa shape index (κ2) is 6.72. The van der Waals surface area contributed by atoms with Gasteiger partial charge in [0.25, 0.3) is 0 Å². The van der Waals surface area contributed by atoms with Crippen molar-refractivity contribution in [2.24, 2.45) is 5.92 Å². The van der Waals surface area contributed by atoms with Crippen LogP contribution in [0.2, 0.25) is 10.3 Å². The second-order valence-corrected chi connectivity index (χ2v) is 6.43. The van der Waals surface area contributed by atoms with E-state index in [1.165, 1.54) is 23.6 Å². The summed E-state index contributed by atoms with van der Waals surface area (Å²) >= 11 is 12.9. The average molecular weight is 348 g/mol. The molecule has 0 radical (unpaired) electrons. The van der Waals surface area contributed by atoms with E-state index in [0.29, 0.717) is 25.0 Å². The summed E-state index contributed by atoms with van der Waals surface area (Å²) in [5.41, 5.74) is -0.00239. The Morgan fingerprint density at radius 1 is 1.43 bits per heavy atom. The molecule has 112 valence electrons. The molecule has 1 unspecified atom stereocenters. The summed E-state index contributed by atoms with van der Waals surface area (Å²) in [5, 5.41) is -0.165. The van der Waals surface area contributed by atoms with Crippen LogP contribution in [0, 0.1) is 5.92 Å². The molecule has 21 heavy (non-hydrogen) atoms. The number of thioether (sulfide) groups is 1. The molecule has 1 aliphatic rings. The Bertz CT molecular complexity index is 588. The van der Waals surface area contributed by atoms with E-state index in [0.717, 1.165) is 0 Å². The average Bonchev–Trinajstić information content (AvgIpc) is 2.77. The maximum atomic E-state index is 12.0. The summed E-state index contributed by atoms with van der Waals surface area (Å²) < 4.78 is 0. The van der Waals surface area contributed by atoms with Gasteiger partial charge in [-0.25, -0.2) is 0 Å². The predicted octanol–water partition coefficient (Wildman–Crippen LogP) is 2.23. The SMILES string of the molecule is CC(=O)SCC1CC(=O)N(c2nc(Cl)c(C=O)c(Cl)n2)C1. The molecule has 0 spiro atoms. The van der Waals surface area contributed by atoms with Crippen LogP contribution in [0.25, 0.3) is 0 Å². The molecule has 0 bridgehead atoms. The van der Waals surface area contributed by atoms with Crippen LogP contribution in [0.1, 0.15) is 23.7 Å². The van der Waals surface area contributed by atoms with Gasteiger partial charge in [-0.1, -0.05) is 35.0 Å². The Morgan fingerprint density at radius 3 is 2.57 bits per heavy atom. The van der Waals surface area contributed by atoms with E-state index in [-0.39, 0.29) is 38.8 Å². The third-order valence-electron chi connectivity index (χ3n) is 2.93. The highest BCUT2D eigenvalue weighted by atomic mass is 35.5. The maximum absolute atomic E-state index is 12.0. The van der Waals surface area contributed by atoms with E-state index in [2.05, 4.69) is 9.97 Å². The third kappa shape index (κ3) is 3.72. The molecule has 1 aliphatic heterocycles. The fourth-order valence-corrected chi connectivity index (χ4v) is 3.11. The molecule has 0 N–H and O–H groups in total. The molecule has 1 aromatic heterocycles. The molecular weight excluding hydrogens is 337 g/mol. The fourth-order valence-electron chi connectivity index (χ4n) is 1.95. The van der Waals surface area contributed by atoms with Crippen LogP contribution in [0.4, 0.5) is 5.95 Å². The molecule has 1 saturated heterocycles. The summed E-state index contributed by atoms with van der Waals surface area (Å²) in [6, 6.07) is 0. The molecule has 1 fully saturated rings. The highest BCUT2D eigenvalue weighted by Crippen LogP contribution is 2.28. The van der Waals surface area contributed by atoms with E-state index in [4.69, 9.17) is 23.2 Å². The zero-order valence-electron chi connectivity index (χ0n) is 11.0.